The molecule has 2 rings (SSSR count). The van der Waals surface area contributed by atoms with E-state index < -0.39 is 10.9 Å². The summed E-state index contributed by atoms with van der Waals surface area (Å²) in [5.74, 6) is -0.863. The number of nitro groups is 1. The molecule has 9 nitrogen and oxygen atoms in total. The summed E-state index contributed by atoms with van der Waals surface area (Å²) in [4.78, 5) is 26.3. The standard InChI is InChI=1S/C11H8BrN5O4/c12-8-5-14-15-9(8)11(18)21-16-10(13)6-1-3-7(4-2-6)17(19)20/h1-5H,(H2,13,16)(H,14,15). The highest BCUT2D eigenvalue weighted by molar-refractivity contribution is 9.10. The zero-order valence-corrected chi connectivity index (χ0v) is 11.9. The fourth-order valence-electron chi connectivity index (χ4n) is 1.36. The first-order valence-electron chi connectivity index (χ1n) is 5.47. The number of H-pyrrole nitrogens is 1. The average Bonchev–Trinajstić information content (AvgIpc) is 2.90. The Morgan fingerprint density at radius 2 is 2.10 bits per heavy atom. The van der Waals surface area contributed by atoms with E-state index in [1.54, 1.807) is 0 Å². The summed E-state index contributed by atoms with van der Waals surface area (Å²) in [5, 5.41) is 20.1. The number of amidine groups is 1. The smallest absolute Gasteiger partial charge is 0.380 e. The van der Waals surface area contributed by atoms with Crippen molar-refractivity contribution in [1.29, 1.82) is 0 Å². The molecule has 0 radical (unpaired) electrons. The third kappa shape index (κ3) is 3.42. The molecule has 1 aromatic carbocycles. The number of aromatic nitrogens is 2. The van der Waals surface area contributed by atoms with Crippen molar-refractivity contribution >= 4 is 33.4 Å². The number of oxime groups is 1. The highest BCUT2D eigenvalue weighted by Crippen LogP contribution is 2.14. The van der Waals surface area contributed by atoms with Crippen LogP contribution in [0.15, 0.2) is 40.1 Å². The van der Waals surface area contributed by atoms with Gasteiger partial charge in [-0.25, -0.2) is 4.79 Å². The van der Waals surface area contributed by atoms with Crippen LogP contribution in [0, 0.1) is 10.1 Å². The molecule has 0 bridgehead atoms. The van der Waals surface area contributed by atoms with Crippen molar-refractivity contribution in [1.82, 2.24) is 10.2 Å². The summed E-state index contributed by atoms with van der Waals surface area (Å²) in [7, 11) is 0. The Balaban J connectivity index is 2.09. The quantitative estimate of drug-likeness (QED) is 0.281. The molecule has 0 spiro atoms. The van der Waals surface area contributed by atoms with Crippen LogP contribution in [0.4, 0.5) is 5.69 Å². The Bertz CT molecular complexity index is 710. The Hall–Kier alpha value is -2.75. The number of nitrogens with two attached hydrogens (primary N) is 1. The maximum absolute atomic E-state index is 11.6. The lowest BCUT2D eigenvalue weighted by atomic mass is 10.2. The summed E-state index contributed by atoms with van der Waals surface area (Å²) >= 11 is 3.10. The molecular weight excluding hydrogens is 346 g/mol. The number of hydrogen-bond acceptors (Lipinski definition) is 6. The number of non-ortho nitro benzene ring substituents is 1. The number of nitrogens with one attached hydrogen (secondary N) is 1. The molecule has 0 atom stereocenters. The van der Waals surface area contributed by atoms with Gasteiger partial charge in [0.25, 0.3) is 5.69 Å². The lowest BCUT2D eigenvalue weighted by Gasteiger charge is -2.00. The van der Waals surface area contributed by atoms with Crippen molar-refractivity contribution in [3.63, 3.8) is 0 Å². The minimum Gasteiger partial charge on any atom is -0.380 e. The lowest BCUT2D eigenvalue weighted by Crippen LogP contribution is -2.15. The van der Waals surface area contributed by atoms with Crippen LogP contribution in [0.25, 0.3) is 0 Å². The zero-order chi connectivity index (χ0) is 15.4. The molecule has 0 aliphatic heterocycles. The van der Waals surface area contributed by atoms with Crippen LogP contribution < -0.4 is 5.73 Å². The third-order valence-corrected chi connectivity index (χ3v) is 3.00. The zero-order valence-electron chi connectivity index (χ0n) is 10.3. The third-order valence-electron chi connectivity index (χ3n) is 2.40. The number of nitrogens with zero attached hydrogens (tertiary/aromatic N) is 3. The molecule has 0 fully saturated rings. The molecule has 108 valence electrons. The predicted octanol–water partition coefficient (Wildman–Crippen LogP) is 1.56. The first kappa shape index (κ1) is 14.7. The van der Waals surface area contributed by atoms with Gasteiger partial charge in [0, 0.05) is 17.7 Å². The topological polar surface area (TPSA) is 136 Å². The van der Waals surface area contributed by atoms with Crippen LogP contribution in [0.1, 0.15) is 16.1 Å². The van der Waals surface area contributed by atoms with Gasteiger partial charge >= 0.3 is 5.97 Å². The van der Waals surface area contributed by atoms with Gasteiger partial charge in [-0.2, -0.15) is 5.10 Å². The molecule has 0 unspecified atom stereocenters. The van der Waals surface area contributed by atoms with E-state index in [9.17, 15) is 14.9 Å². The van der Waals surface area contributed by atoms with Gasteiger partial charge < -0.3 is 10.6 Å². The van der Waals surface area contributed by atoms with E-state index in [2.05, 4.69) is 36.1 Å². The first-order chi connectivity index (χ1) is 9.99. The van der Waals surface area contributed by atoms with Crippen LogP contribution in [0.2, 0.25) is 0 Å². The van der Waals surface area contributed by atoms with Crippen LogP contribution in [0.5, 0.6) is 0 Å². The van der Waals surface area contributed by atoms with E-state index in [-0.39, 0.29) is 17.2 Å². The van der Waals surface area contributed by atoms with Crippen molar-refractivity contribution in [2.75, 3.05) is 0 Å². The maximum atomic E-state index is 11.6. The molecule has 0 saturated heterocycles. The van der Waals surface area contributed by atoms with Gasteiger partial charge in [-0.05, 0) is 28.1 Å². The van der Waals surface area contributed by atoms with E-state index in [0.29, 0.717) is 10.0 Å². The van der Waals surface area contributed by atoms with E-state index >= 15 is 0 Å². The van der Waals surface area contributed by atoms with Crippen LogP contribution in [-0.2, 0) is 4.84 Å². The van der Waals surface area contributed by atoms with Gasteiger partial charge in [0.2, 0.25) is 0 Å². The average molecular weight is 354 g/mol. The Labute approximate surface area is 126 Å². The second kappa shape index (κ2) is 6.13. The number of carbonyl (C=O) groups excluding carboxylic acids is 1. The van der Waals surface area contributed by atoms with E-state index in [0.717, 1.165) is 0 Å². The summed E-state index contributed by atoms with van der Waals surface area (Å²) in [6.45, 7) is 0. The van der Waals surface area contributed by atoms with Crippen molar-refractivity contribution in [3.05, 3.63) is 56.3 Å². The van der Waals surface area contributed by atoms with Gasteiger partial charge in [0.05, 0.1) is 15.6 Å². The Kier molecular flexibility index (Phi) is 4.28. The highest BCUT2D eigenvalue weighted by atomic mass is 79.9. The van der Waals surface area contributed by atoms with Gasteiger partial charge in [0.1, 0.15) is 0 Å². The number of benzene rings is 1. The minimum absolute atomic E-state index is 0.0788. The molecule has 1 heterocycles. The van der Waals surface area contributed by atoms with E-state index in [1.807, 2.05) is 0 Å². The van der Waals surface area contributed by atoms with Crippen molar-refractivity contribution in [2.45, 2.75) is 0 Å². The van der Waals surface area contributed by atoms with Crippen LogP contribution >= 0.6 is 15.9 Å². The molecule has 10 heteroatoms. The van der Waals surface area contributed by atoms with Gasteiger partial charge in [-0.1, -0.05) is 5.16 Å². The van der Waals surface area contributed by atoms with Crippen LogP contribution in [0.3, 0.4) is 0 Å². The molecule has 21 heavy (non-hydrogen) atoms. The van der Waals surface area contributed by atoms with E-state index in [1.165, 1.54) is 30.5 Å². The van der Waals surface area contributed by atoms with Gasteiger partial charge in [-0.3, -0.25) is 15.2 Å². The Morgan fingerprint density at radius 1 is 1.43 bits per heavy atom. The number of nitro benzene ring substituents is 1. The molecule has 0 aliphatic rings. The number of halogens is 1. The van der Waals surface area contributed by atoms with Gasteiger partial charge in [-0.15, -0.1) is 0 Å². The first-order valence-corrected chi connectivity index (χ1v) is 6.27. The largest absolute Gasteiger partial charge is 0.384 e. The number of carbonyl (C=O) groups is 1. The second-order valence-electron chi connectivity index (χ2n) is 3.75. The summed E-state index contributed by atoms with van der Waals surface area (Å²) in [6.07, 6.45) is 1.39. The molecule has 1 aromatic heterocycles. The fraction of sp³-hybridized carbons (Fsp3) is 0. The normalized spacial score (nSPS) is 11.2. The summed E-state index contributed by atoms with van der Waals surface area (Å²) in [6, 6.07) is 5.34. The highest BCUT2D eigenvalue weighted by Gasteiger charge is 2.14. The lowest BCUT2D eigenvalue weighted by molar-refractivity contribution is -0.384. The monoisotopic (exact) mass is 353 g/mol. The van der Waals surface area contributed by atoms with Crippen LogP contribution in [-0.4, -0.2) is 26.9 Å². The molecule has 0 amide bonds. The van der Waals surface area contributed by atoms with Crippen molar-refractivity contribution in [2.24, 2.45) is 10.9 Å². The fourth-order valence-corrected chi connectivity index (χ4v) is 1.71. The van der Waals surface area contributed by atoms with E-state index in [4.69, 9.17) is 5.73 Å². The molecule has 0 aliphatic carbocycles. The summed E-state index contributed by atoms with van der Waals surface area (Å²) < 4.78 is 0.427. The second-order valence-corrected chi connectivity index (χ2v) is 4.61. The number of hydrogen-bond donors (Lipinski definition) is 2. The molecule has 0 saturated carbocycles. The van der Waals surface area contributed by atoms with Crippen molar-refractivity contribution in [3.8, 4) is 0 Å². The van der Waals surface area contributed by atoms with Crippen molar-refractivity contribution < 1.29 is 14.6 Å². The molecule has 2 aromatic rings. The Morgan fingerprint density at radius 3 is 2.62 bits per heavy atom. The number of rotatable bonds is 4. The molecular formula is C11H8BrN5O4. The molecule has 3 N–H and O–H groups in total. The summed E-state index contributed by atoms with van der Waals surface area (Å²) in [5.41, 5.74) is 6.03. The SMILES string of the molecule is N/C(=N\OC(=O)c1[nH]ncc1Br)c1ccc([N+](=O)[O-])cc1. The maximum Gasteiger partial charge on any atom is 0.384 e. The van der Waals surface area contributed by atoms with Gasteiger partial charge in [0.15, 0.2) is 11.5 Å². The number of aromatic amines is 1. The predicted molar refractivity (Wildman–Crippen MR) is 75.5 cm³/mol. The minimum atomic E-state index is -0.774.